The molecule has 1 aromatic heterocycles. The van der Waals surface area contributed by atoms with Crippen LogP contribution in [0.4, 0.5) is 5.69 Å². The molecule has 5 nitrogen and oxygen atoms in total. The number of hydrogen-bond donors (Lipinski definition) is 1. The number of fused-ring (bicyclic) bond motifs is 1. The quantitative estimate of drug-likeness (QED) is 0.922. The molecule has 2 N–H and O–H groups in total. The lowest BCUT2D eigenvalue weighted by Gasteiger charge is -2.17. The second-order valence-electron chi connectivity index (χ2n) is 4.38. The minimum atomic E-state index is -3.63. The first-order valence-corrected chi connectivity index (χ1v) is 7.46. The zero-order chi connectivity index (χ0) is 13.5. The summed E-state index contributed by atoms with van der Waals surface area (Å²) in [7, 11) is -3.63. The molecule has 0 bridgehead atoms. The normalized spacial score (nSPS) is 14.7. The molecule has 6 heteroatoms. The lowest BCUT2D eigenvalue weighted by molar-refractivity contribution is 0.415. The van der Waals surface area contributed by atoms with Crippen molar-refractivity contribution in [2.75, 3.05) is 10.8 Å². The van der Waals surface area contributed by atoms with Crippen LogP contribution in [0.25, 0.3) is 0 Å². The highest BCUT2D eigenvalue weighted by molar-refractivity contribution is 7.92. The number of para-hydroxylation sites is 1. The van der Waals surface area contributed by atoms with E-state index in [4.69, 9.17) is 10.2 Å². The number of nitrogens with zero attached hydrogens (tertiary/aromatic N) is 1. The van der Waals surface area contributed by atoms with Crippen LogP contribution in [-0.2, 0) is 23.0 Å². The summed E-state index contributed by atoms with van der Waals surface area (Å²) in [5.41, 5.74) is 7.20. The molecule has 0 amide bonds. The van der Waals surface area contributed by atoms with Crippen LogP contribution in [0.15, 0.2) is 45.9 Å². The van der Waals surface area contributed by atoms with Gasteiger partial charge in [0.15, 0.2) is 0 Å². The van der Waals surface area contributed by atoms with Crippen LogP contribution in [0.3, 0.4) is 0 Å². The lowest BCUT2D eigenvalue weighted by atomic mass is 10.2. The van der Waals surface area contributed by atoms with Gasteiger partial charge in [0, 0.05) is 6.54 Å². The molecule has 0 fully saturated rings. The summed E-state index contributed by atoms with van der Waals surface area (Å²) in [6.45, 7) is 0.631. The van der Waals surface area contributed by atoms with Gasteiger partial charge in [-0.2, -0.15) is 8.42 Å². The van der Waals surface area contributed by atoms with Crippen LogP contribution in [0, 0.1) is 0 Å². The fourth-order valence-electron chi connectivity index (χ4n) is 2.27. The van der Waals surface area contributed by atoms with Gasteiger partial charge < -0.3 is 10.2 Å². The summed E-state index contributed by atoms with van der Waals surface area (Å²) >= 11 is 0. The molecular weight excluding hydrogens is 264 g/mol. The molecule has 1 aliphatic rings. The van der Waals surface area contributed by atoms with Crippen molar-refractivity contribution in [3.05, 3.63) is 47.7 Å². The Bertz CT molecular complexity index is 706. The molecule has 3 rings (SSSR count). The van der Waals surface area contributed by atoms with Gasteiger partial charge in [-0.05, 0) is 30.2 Å². The van der Waals surface area contributed by atoms with E-state index in [0.29, 0.717) is 12.3 Å². The van der Waals surface area contributed by atoms with E-state index < -0.39 is 10.0 Å². The molecule has 0 atom stereocenters. The van der Waals surface area contributed by atoms with Gasteiger partial charge in [0.25, 0.3) is 10.0 Å². The van der Waals surface area contributed by atoms with Crippen molar-refractivity contribution >= 4 is 15.7 Å². The molecule has 0 spiro atoms. The van der Waals surface area contributed by atoms with E-state index in [9.17, 15) is 8.42 Å². The molecule has 1 aromatic carbocycles. The fourth-order valence-corrected chi connectivity index (χ4v) is 3.71. The van der Waals surface area contributed by atoms with Gasteiger partial charge in [-0.25, -0.2) is 0 Å². The van der Waals surface area contributed by atoms with Crippen molar-refractivity contribution < 1.29 is 12.8 Å². The highest BCUT2D eigenvalue weighted by atomic mass is 32.2. The maximum absolute atomic E-state index is 12.5. The highest BCUT2D eigenvalue weighted by Gasteiger charge is 2.32. The zero-order valence-electron chi connectivity index (χ0n) is 10.2. The molecule has 0 saturated carbocycles. The minimum Gasteiger partial charge on any atom is -0.446 e. The maximum Gasteiger partial charge on any atom is 0.297 e. The Morgan fingerprint density at radius 3 is 2.74 bits per heavy atom. The Labute approximate surface area is 111 Å². The molecule has 0 aliphatic carbocycles. The number of furan rings is 1. The van der Waals surface area contributed by atoms with Crippen LogP contribution in [-0.4, -0.2) is 15.0 Å². The number of sulfonamides is 1. The van der Waals surface area contributed by atoms with Gasteiger partial charge in [-0.15, -0.1) is 0 Å². The largest absolute Gasteiger partial charge is 0.446 e. The topological polar surface area (TPSA) is 76.5 Å². The van der Waals surface area contributed by atoms with Gasteiger partial charge in [-0.1, -0.05) is 18.2 Å². The van der Waals surface area contributed by atoms with Crippen molar-refractivity contribution in [1.29, 1.82) is 0 Å². The fraction of sp³-hybridized carbons (Fsp3) is 0.231. The standard InChI is InChI=1S/C13H14N2O3S/c14-9-11-5-6-13(18-11)19(16,17)15-8-7-10-3-1-2-4-12(10)15/h1-6H,7-9,14H2. The average molecular weight is 278 g/mol. The van der Waals surface area contributed by atoms with Gasteiger partial charge >= 0.3 is 0 Å². The van der Waals surface area contributed by atoms with E-state index in [-0.39, 0.29) is 11.6 Å². The summed E-state index contributed by atoms with van der Waals surface area (Å²) in [4.78, 5) is 0. The molecule has 2 aromatic rings. The summed E-state index contributed by atoms with van der Waals surface area (Å²) in [5, 5.41) is -0.0512. The van der Waals surface area contributed by atoms with E-state index in [1.165, 1.54) is 10.4 Å². The van der Waals surface area contributed by atoms with Crippen LogP contribution in [0.5, 0.6) is 0 Å². The van der Waals surface area contributed by atoms with Crippen molar-refractivity contribution in [2.24, 2.45) is 5.73 Å². The maximum atomic E-state index is 12.5. The van der Waals surface area contributed by atoms with Crippen molar-refractivity contribution in [3.63, 3.8) is 0 Å². The number of hydrogen-bond acceptors (Lipinski definition) is 4. The van der Waals surface area contributed by atoms with Crippen LogP contribution >= 0.6 is 0 Å². The third-order valence-electron chi connectivity index (χ3n) is 3.23. The Balaban J connectivity index is 2.03. The predicted octanol–water partition coefficient (Wildman–Crippen LogP) is 1.49. The zero-order valence-corrected chi connectivity index (χ0v) is 11.1. The Hall–Kier alpha value is -1.79. The van der Waals surface area contributed by atoms with Crippen molar-refractivity contribution in [2.45, 2.75) is 18.1 Å². The molecule has 2 heterocycles. The molecule has 19 heavy (non-hydrogen) atoms. The molecule has 0 saturated heterocycles. The predicted molar refractivity (Wildman–Crippen MR) is 71.3 cm³/mol. The Morgan fingerprint density at radius 2 is 2.00 bits per heavy atom. The third kappa shape index (κ3) is 1.93. The van der Waals surface area contributed by atoms with Crippen molar-refractivity contribution in [1.82, 2.24) is 0 Å². The van der Waals surface area contributed by atoms with E-state index in [1.54, 1.807) is 6.07 Å². The van der Waals surface area contributed by atoms with Crippen LogP contribution in [0.1, 0.15) is 11.3 Å². The van der Waals surface area contributed by atoms with E-state index >= 15 is 0 Å². The van der Waals surface area contributed by atoms with Gasteiger partial charge in [0.2, 0.25) is 5.09 Å². The van der Waals surface area contributed by atoms with Crippen molar-refractivity contribution in [3.8, 4) is 0 Å². The third-order valence-corrected chi connectivity index (χ3v) is 4.91. The first-order chi connectivity index (χ1) is 9.13. The number of benzene rings is 1. The van der Waals surface area contributed by atoms with Gasteiger partial charge in [-0.3, -0.25) is 4.31 Å². The van der Waals surface area contributed by atoms with E-state index in [0.717, 1.165) is 17.7 Å². The van der Waals surface area contributed by atoms with Crippen LogP contribution < -0.4 is 10.0 Å². The number of anilines is 1. The second kappa shape index (κ2) is 4.40. The summed E-state index contributed by atoms with van der Waals surface area (Å²) in [6, 6.07) is 10.5. The summed E-state index contributed by atoms with van der Waals surface area (Å²) in [6.07, 6.45) is 0.722. The monoisotopic (exact) mass is 278 g/mol. The Morgan fingerprint density at radius 1 is 1.21 bits per heavy atom. The first-order valence-electron chi connectivity index (χ1n) is 6.02. The van der Waals surface area contributed by atoms with Crippen LogP contribution in [0.2, 0.25) is 0 Å². The SMILES string of the molecule is NCc1ccc(S(=O)(=O)N2CCc3ccccc32)o1. The molecule has 0 unspecified atom stereocenters. The lowest BCUT2D eigenvalue weighted by Crippen LogP contribution is -2.28. The molecule has 1 aliphatic heterocycles. The molecule has 100 valence electrons. The van der Waals surface area contributed by atoms with Gasteiger partial charge in [0.05, 0.1) is 12.2 Å². The first kappa shape index (κ1) is 12.3. The number of nitrogens with two attached hydrogens (primary N) is 1. The van der Waals surface area contributed by atoms with Gasteiger partial charge in [0.1, 0.15) is 5.76 Å². The summed E-state index contributed by atoms with van der Waals surface area (Å²) in [5.74, 6) is 0.464. The Kier molecular flexibility index (Phi) is 2.83. The number of rotatable bonds is 3. The highest BCUT2D eigenvalue weighted by Crippen LogP contribution is 2.32. The molecular formula is C13H14N2O3S. The average Bonchev–Trinajstić information content (AvgIpc) is 3.06. The minimum absolute atomic E-state index is 0.0512. The van der Waals surface area contributed by atoms with E-state index in [1.807, 2.05) is 24.3 Å². The smallest absolute Gasteiger partial charge is 0.297 e. The summed E-state index contributed by atoms with van der Waals surface area (Å²) < 4.78 is 31.7. The van der Waals surface area contributed by atoms with E-state index in [2.05, 4.69) is 0 Å². The second-order valence-corrected chi connectivity index (χ2v) is 6.17. The molecule has 0 radical (unpaired) electrons.